The Bertz CT molecular complexity index is 991. The van der Waals surface area contributed by atoms with Gasteiger partial charge >= 0.3 is 6.09 Å². The van der Waals surface area contributed by atoms with Crippen molar-refractivity contribution in [3.63, 3.8) is 0 Å². The maximum atomic E-state index is 14.3. The quantitative estimate of drug-likeness (QED) is 0.757. The number of hydrogen-bond acceptors (Lipinski definition) is 7. The van der Waals surface area contributed by atoms with Crippen LogP contribution in [-0.4, -0.2) is 47.1 Å². The highest BCUT2D eigenvalue weighted by Crippen LogP contribution is 2.33. The lowest BCUT2D eigenvalue weighted by atomic mass is 10.1. The lowest BCUT2D eigenvalue weighted by Gasteiger charge is -2.27. The van der Waals surface area contributed by atoms with Gasteiger partial charge in [0.25, 0.3) is 0 Å². The third-order valence-electron chi connectivity index (χ3n) is 4.03. The zero-order valence-corrected chi connectivity index (χ0v) is 14.2. The summed E-state index contributed by atoms with van der Waals surface area (Å²) in [4.78, 5) is 25.6. The van der Waals surface area contributed by atoms with Gasteiger partial charge in [-0.15, -0.1) is 0 Å². The van der Waals surface area contributed by atoms with Crippen LogP contribution in [0.25, 0.3) is 6.08 Å². The van der Waals surface area contributed by atoms with Gasteiger partial charge in [0.1, 0.15) is 5.82 Å². The van der Waals surface area contributed by atoms with E-state index in [9.17, 15) is 9.18 Å². The van der Waals surface area contributed by atoms with Gasteiger partial charge in [0.15, 0.2) is 23.2 Å². The van der Waals surface area contributed by atoms with Crippen molar-refractivity contribution in [1.82, 2.24) is 9.97 Å². The number of amides is 1. The van der Waals surface area contributed by atoms with E-state index in [1.54, 1.807) is 19.3 Å². The fourth-order valence-corrected chi connectivity index (χ4v) is 2.87. The summed E-state index contributed by atoms with van der Waals surface area (Å²) in [5.41, 5.74) is 0.845. The molecule has 0 unspecified atom stereocenters. The average Bonchev–Trinajstić information content (AvgIpc) is 3.13. The summed E-state index contributed by atoms with van der Waals surface area (Å²) in [7, 11) is 1.74. The fourth-order valence-electron chi connectivity index (χ4n) is 2.87. The Morgan fingerprint density at radius 2 is 2.26 bits per heavy atom. The van der Waals surface area contributed by atoms with Crippen molar-refractivity contribution in [1.29, 1.82) is 0 Å². The van der Waals surface area contributed by atoms with Gasteiger partial charge in [-0.2, -0.15) is 4.98 Å². The summed E-state index contributed by atoms with van der Waals surface area (Å²) < 4.78 is 20.1. The van der Waals surface area contributed by atoms with E-state index in [4.69, 9.17) is 9.84 Å². The van der Waals surface area contributed by atoms with Crippen LogP contribution in [0.1, 0.15) is 5.56 Å². The van der Waals surface area contributed by atoms with Crippen molar-refractivity contribution >= 4 is 35.5 Å². The van der Waals surface area contributed by atoms with E-state index >= 15 is 0 Å². The summed E-state index contributed by atoms with van der Waals surface area (Å²) in [6, 6.07) is 3.83. The van der Waals surface area contributed by atoms with Crippen LogP contribution in [-0.2, 0) is 0 Å². The second-order valence-electron chi connectivity index (χ2n) is 5.77. The van der Waals surface area contributed by atoms with E-state index in [1.165, 1.54) is 12.1 Å². The highest BCUT2D eigenvalue weighted by Gasteiger charge is 2.31. The van der Waals surface area contributed by atoms with Crippen molar-refractivity contribution in [2.75, 3.05) is 35.7 Å². The number of carboxylic acid groups (broad SMARTS) is 1. The van der Waals surface area contributed by atoms with Crippen LogP contribution >= 0.6 is 0 Å². The minimum absolute atomic E-state index is 0.0389. The lowest BCUT2D eigenvalue weighted by Crippen LogP contribution is -2.34. The fraction of sp³-hybridized carbons (Fsp3) is 0.176. The molecule has 0 fully saturated rings. The molecule has 9 nitrogen and oxygen atoms in total. The first-order valence-corrected chi connectivity index (χ1v) is 8.11. The molecule has 2 aliphatic rings. The molecular formula is C17H15FN6O3. The molecule has 3 heterocycles. The normalized spacial score (nSPS) is 14.7. The Labute approximate surface area is 153 Å². The van der Waals surface area contributed by atoms with Crippen LogP contribution in [0.15, 0.2) is 35.1 Å². The minimum atomic E-state index is -1.27. The second-order valence-corrected chi connectivity index (χ2v) is 5.77. The van der Waals surface area contributed by atoms with Crippen molar-refractivity contribution < 1.29 is 19.0 Å². The number of benzene rings is 1. The molecule has 1 aromatic carbocycles. The SMILES string of the molecule is CNc1ncc2c(n1)N1CCN=C1C(Oc1ccc(NC(=O)O)cc1F)=C2. The Morgan fingerprint density at radius 1 is 1.41 bits per heavy atom. The van der Waals surface area contributed by atoms with Gasteiger partial charge < -0.3 is 20.1 Å². The van der Waals surface area contributed by atoms with Gasteiger partial charge in [-0.1, -0.05) is 0 Å². The molecule has 10 heteroatoms. The third kappa shape index (κ3) is 3.12. The summed E-state index contributed by atoms with van der Waals surface area (Å²) in [6.45, 7) is 1.20. The zero-order valence-electron chi connectivity index (χ0n) is 14.2. The number of nitrogens with zero attached hydrogens (tertiary/aromatic N) is 4. The van der Waals surface area contributed by atoms with Gasteiger partial charge in [0.05, 0.1) is 6.54 Å². The number of hydrogen-bond donors (Lipinski definition) is 3. The molecule has 138 valence electrons. The highest BCUT2D eigenvalue weighted by molar-refractivity contribution is 6.15. The number of ether oxygens (including phenoxy) is 1. The van der Waals surface area contributed by atoms with Gasteiger partial charge in [-0.25, -0.2) is 14.2 Å². The predicted octanol–water partition coefficient (Wildman–Crippen LogP) is 2.40. The summed E-state index contributed by atoms with van der Waals surface area (Å²) in [6.07, 6.45) is 2.09. The molecule has 1 aromatic heterocycles. The molecule has 2 aromatic rings. The average molecular weight is 370 g/mol. The molecule has 1 amide bonds. The topological polar surface area (TPSA) is 112 Å². The smallest absolute Gasteiger partial charge is 0.409 e. The number of fused-ring (bicyclic) bond motifs is 3. The molecular weight excluding hydrogens is 355 g/mol. The molecule has 0 radical (unpaired) electrons. The molecule has 4 rings (SSSR count). The van der Waals surface area contributed by atoms with E-state index in [-0.39, 0.29) is 11.4 Å². The van der Waals surface area contributed by atoms with Crippen LogP contribution in [0.5, 0.6) is 5.75 Å². The van der Waals surface area contributed by atoms with E-state index < -0.39 is 11.9 Å². The number of rotatable bonds is 4. The molecule has 0 bridgehead atoms. The van der Waals surface area contributed by atoms with Crippen molar-refractivity contribution in [2.45, 2.75) is 0 Å². The van der Waals surface area contributed by atoms with Gasteiger partial charge in [0, 0.05) is 37.1 Å². The van der Waals surface area contributed by atoms with Crippen LogP contribution in [0.2, 0.25) is 0 Å². The molecule has 3 N–H and O–H groups in total. The number of aromatic nitrogens is 2. The highest BCUT2D eigenvalue weighted by atomic mass is 19.1. The molecule has 0 saturated carbocycles. The predicted molar refractivity (Wildman–Crippen MR) is 97.9 cm³/mol. The van der Waals surface area contributed by atoms with E-state index in [2.05, 4.69) is 25.6 Å². The summed E-state index contributed by atoms with van der Waals surface area (Å²) in [5.74, 6) is 1.40. The van der Waals surface area contributed by atoms with Crippen LogP contribution in [0, 0.1) is 5.82 Å². The number of nitrogens with one attached hydrogen (secondary N) is 2. The third-order valence-corrected chi connectivity index (χ3v) is 4.03. The number of amidine groups is 1. The first-order valence-electron chi connectivity index (χ1n) is 8.11. The Balaban J connectivity index is 1.67. The molecule has 0 saturated heterocycles. The standard InChI is InChI=1S/C17H15FN6O3/c1-19-16-21-8-9-6-13(15-20-4-5-24(15)14(9)23-16)27-12-3-2-10(7-11(12)18)22-17(25)26/h2-3,6-8,22H,4-5H2,1H3,(H,25,26)(H,19,21,23). The molecule has 0 aliphatic carbocycles. The number of aliphatic imine (C=N–C) groups is 1. The lowest BCUT2D eigenvalue weighted by molar-refractivity contribution is 0.209. The number of anilines is 3. The molecule has 0 atom stereocenters. The van der Waals surface area contributed by atoms with Crippen LogP contribution < -0.4 is 20.3 Å². The van der Waals surface area contributed by atoms with E-state index in [0.717, 1.165) is 11.6 Å². The Hall–Kier alpha value is -3.69. The van der Waals surface area contributed by atoms with Gasteiger partial charge in [-0.3, -0.25) is 10.3 Å². The molecule has 2 aliphatic heterocycles. The van der Waals surface area contributed by atoms with Crippen LogP contribution in [0.4, 0.5) is 26.6 Å². The minimum Gasteiger partial charge on any atom is -0.465 e. The summed E-state index contributed by atoms with van der Waals surface area (Å²) in [5, 5.41) is 13.7. The van der Waals surface area contributed by atoms with E-state index in [1.807, 2.05) is 4.90 Å². The van der Waals surface area contributed by atoms with Crippen molar-refractivity contribution in [3.8, 4) is 5.75 Å². The van der Waals surface area contributed by atoms with Crippen molar-refractivity contribution in [2.24, 2.45) is 4.99 Å². The summed E-state index contributed by atoms with van der Waals surface area (Å²) >= 11 is 0. The Kier molecular flexibility index (Phi) is 4.07. The van der Waals surface area contributed by atoms with E-state index in [0.29, 0.717) is 36.5 Å². The maximum absolute atomic E-state index is 14.3. The van der Waals surface area contributed by atoms with Crippen molar-refractivity contribution in [3.05, 3.63) is 41.5 Å². The molecule has 27 heavy (non-hydrogen) atoms. The monoisotopic (exact) mass is 370 g/mol. The van der Waals surface area contributed by atoms with Gasteiger partial charge in [-0.05, 0) is 18.2 Å². The Morgan fingerprint density at radius 3 is 3.00 bits per heavy atom. The maximum Gasteiger partial charge on any atom is 0.409 e. The molecule has 0 spiro atoms. The number of halogens is 1. The zero-order chi connectivity index (χ0) is 19.0. The number of carbonyl (C=O) groups is 1. The largest absolute Gasteiger partial charge is 0.465 e. The van der Waals surface area contributed by atoms with Crippen LogP contribution in [0.3, 0.4) is 0 Å². The first-order chi connectivity index (χ1) is 13.0. The second kappa shape index (κ2) is 6.56. The van der Waals surface area contributed by atoms with Gasteiger partial charge in [0.2, 0.25) is 5.95 Å². The first kappa shape index (κ1) is 16.8.